The minimum absolute atomic E-state index is 0.637. The largest absolute Gasteiger partial charge is 0.343 e. The van der Waals surface area contributed by atoms with E-state index in [1.807, 2.05) is 24.3 Å². The smallest absolute Gasteiger partial charge is 0.323 e. The number of hydrogen-bond donors (Lipinski definition) is 2. The lowest BCUT2D eigenvalue weighted by atomic mass is 10.0. The molecule has 0 aliphatic heterocycles. The van der Waals surface area contributed by atoms with Crippen LogP contribution in [0.15, 0.2) is 24.3 Å². The SMILES string of the molecule is CCCCCCCCCCCCCCCc1ccc(C(Br)P(=O)(O)O)cc1. The van der Waals surface area contributed by atoms with Crippen molar-refractivity contribution in [3.05, 3.63) is 35.4 Å². The number of alkyl halides is 1. The maximum atomic E-state index is 11.3. The van der Waals surface area contributed by atoms with Gasteiger partial charge in [0.05, 0.1) is 0 Å². The second-order valence-corrected chi connectivity index (χ2v) is 11.0. The first-order valence-electron chi connectivity index (χ1n) is 10.7. The Morgan fingerprint density at radius 1 is 0.778 bits per heavy atom. The molecule has 0 aromatic heterocycles. The summed E-state index contributed by atoms with van der Waals surface area (Å²) in [7, 11) is -4.13. The van der Waals surface area contributed by atoms with Crippen LogP contribution in [0.5, 0.6) is 0 Å². The van der Waals surface area contributed by atoms with Crippen molar-refractivity contribution in [1.82, 2.24) is 0 Å². The van der Waals surface area contributed by atoms with E-state index in [0.29, 0.717) is 5.56 Å². The van der Waals surface area contributed by atoms with Gasteiger partial charge in [-0.2, -0.15) is 0 Å². The molecule has 27 heavy (non-hydrogen) atoms. The van der Waals surface area contributed by atoms with E-state index in [0.717, 1.165) is 6.42 Å². The predicted molar refractivity (Wildman–Crippen MR) is 120 cm³/mol. The topological polar surface area (TPSA) is 57.5 Å². The number of aryl methyl sites for hydroxylation is 1. The molecule has 3 nitrogen and oxygen atoms in total. The van der Waals surface area contributed by atoms with Crippen LogP contribution in [0.1, 0.15) is 106 Å². The lowest BCUT2D eigenvalue weighted by molar-refractivity contribution is 0.371. The van der Waals surface area contributed by atoms with E-state index in [2.05, 4.69) is 22.9 Å². The van der Waals surface area contributed by atoms with Crippen molar-refractivity contribution in [1.29, 1.82) is 0 Å². The van der Waals surface area contributed by atoms with E-state index in [9.17, 15) is 14.4 Å². The van der Waals surface area contributed by atoms with Crippen molar-refractivity contribution in [3.8, 4) is 0 Å². The number of halogens is 1. The minimum atomic E-state index is -4.13. The Bertz CT molecular complexity index is 527. The molecule has 0 radical (unpaired) electrons. The molecule has 1 unspecified atom stereocenters. The van der Waals surface area contributed by atoms with Gasteiger partial charge in [0.1, 0.15) is 4.57 Å². The van der Waals surface area contributed by atoms with E-state index in [4.69, 9.17) is 0 Å². The second kappa shape index (κ2) is 14.8. The van der Waals surface area contributed by atoms with Gasteiger partial charge in [-0.3, -0.25) is 4.57 Å². The lowest BCUT2D eigenvalue weighted by Crippen LogP contribution is -1.93. The van der Waals surface area contributed by atoms with E-state index >= 15 is 0 Å². The molecular formula is C22H38BrO3P. The summed E-state index contributed by atoms with van der Waals surface area (Å²) in [5, 5.41) is 0. The van der Waals surface area contributed by atoms with Gasteiger partial charge in [-0.1, -0.05) is 124 Å². The van der Waals surface area contributed by atoms with Gasteiger partial charge in [0.15, 0.2) is 0 Å². The van der Waals surface area contributed by atoms with Crippen molar-refractivity contribution in [2.24, 2.45) is 0 Å². The lowest BCUT2D eigenvalue weighted by Gasteiger charge is -2.12. The molecule has 2 N–H and O–H groups in total. The maximum absolute atomic E-state index is 11.3. The first-order valence-corrected chi connectivity index (χ1v) is 13.3. The molecule has 1 aromatic carbocycles. The molecule has 0 saturated heterocycles. The fraction of sp³-hybridized carbons (Fsp3) is 0.727. The van der Waals surface area contributed by atoms with Crippen LogP contribution in [0.4, 0.5) is 0 Å². The zero-order valence-electron chi connectivity index (χ0n) is 16.9. The maximum Gasteiger partial charge on any atom is 0.343 e. The molecule has 0 aliphatic carbocycles. The number of rotatable bonds is 16. The van der Waals surface area contributed by atoms with E-state index in [1.54, 1.807) is 0 Å². The molecule has 1 aromatic rings. The quantitative estimate of drug-likeness (QED) is 0.150. The summed E-state index contributed by atoms with van der Waals surface area (Å²) in [4.78, 5) is 18.4. The molecule has 0 amide bonds. The van der Waals surface area contributed by atoms with Crippen LogP contribution in [-0.2, 0) is 11.0 Å². The highest BCUT2D eigenvalue weighted by molar-refractivity contribution is 9.10. The van der Waals surface area contributed by atoms with Crippen LogP contribution in [0.2, 0.25) is 0 Å². The average Bonchev–Trinajstić information content (AvgIpc) is 2.64. The summed E-state index contributed by atoms with van der Waals surface area (Å²) in [6.07, 6.45) is 18.7. The highest BCUT2D eigenvalue weighted by Crippen LogP contribution is 2.55. The highest BCUT2D eigenvalue weighted by atomic mass is 79.9. The number of unbranched alkanes of at least 4 members (excludes halogenated alkanes) is 12. The predicted octanol–water partition coefficient (Wildman–Crippen LogP) is 7.89. The van der Waals surface area contributed by atoms with Crippen molar-refractivity contribution in [3.63, 3.8) is 0 Å². The van der Waals surface area contributed by atoms with Gasteiger partial charge in [0.25, 0.3) is 0 Å². The Kier molecular flexibility index (Phi) is 13.6. The van der Waals surface area contributed by atoms with Crippen molar-refractivity contribution in [2.45, 2.75) is 101 Å². The van der Waals surface area contributed by atoms with E-state index < -0.39 is 12.2 Å². The van der Waals surface area contributed by atoms with Gasteiger partial charge < -0.3 is 9.79 Å². The summed E-state index contributed by atoms with van der Waals surface area (Å²) in [6.45, 7) is 2.27. The third kappa shape index (κ3) is 12.1. The Hall–Kier alpha value is -0.150. The van der Waals surface area contributed by atoms with Gasteiger partial charge in [-0.05, 0) is 24.0 Å². The standard InChI is InChI=1S/C22H38BrO3P/c1-2-3-4-5-6-7-8-9-10-11-12-13-14-15-20-16-18-21(19-17-20)22(23)27(24,25)26/h16-19,22H,2-15H2,1H3,(H2,24,25,26). The fourth-order valence-electron chi connectivity index (χ4n) is 3.38. The molecule has 0 heterocycles. The van der Waals surface area contributed by atoms with Crippen LogP contribution in [0.3, 0.4) is 0 Å². The average molecular weight is 461 g/mol. The van der Waals surface area contributed by atoms with Gasteiger partial charge in [0.2, 0.25) is 0 Å². The molecule has 1 rings (SSSR count). The Morgan fingerprint density at radius 2 is 1.19 bits per heavy atom. The van der Waals surface area contributed by atoms with Gasteiger partial charge >= 0.3 is 7.60 Å². The van der Waals surface area contributed by atoms with Gasteiger partial charge in [0, 0.05) is 0 Å². The molecule has 0 spiro atoms. The first-order chi connectivity index (χ1) is 12.9. The van der Waals surface area contributed by atoms with Crippen molar-refractivity contribution >= 4 is 23.5 Å². The summed E-state index contributed by atoms with van der Waals surface area (Å²) >= 11 is 3.09. The Labute approximate surface area is 174 Å². The molecule has 0 aliphatic rings. The second-order valence-electron chi connectivity index (χ2n) is 7.66. The molecular weight excluding hydrogens is 423 g/mol. The van der Waals surface area contributed by atoms with E-state index in [-0.39, 0.29) is 0 Å². The first kappa shape index (κ1) is 24.9. The molecule has 5 heteroatoms. The van der Waals surface area contributed by atoms with Crippen molar-refractivity contribution < 1.29 is 14.4 Å². The molecule has 0 bridgehead atoms. The summed E-state index contributed by atoms with van der Waals surface area (Å²) in [5.41, 5.74) is 1.88. The third-order valence-electron chi connectivity index (χ3n) is 5.12. The number of benzene rings is 1. The van der Waals surface area contributed by atoms with Crippen molar-refractivity contribution in [2.75, 3.05) is 0 Å². The molecule has 0 fully saturated rings. The van der Waals surface area contributed by atoms with E-state index in [1.165, 1.54) is 89.0 Å². The van der Waals surface area contributed by atoms with Crippen LogP contribution in [0.25, 0.3) is 0 Å². The summed E-state index contributed by atoms with van der Waals surface area (Å²) < 4.78 is 10.4. The molecule has 156 valence electrons. The van der Waals surface area contributed by atoms with Gasteiger partial charge in [-0.25, -0.2) is 0 Å². The number of hydrogen-bond acceptors (Lipinski definition) is 1. The van der Waals surface area contributed by atoms with Gasteiger partial charge in [-0.15, -0.1) is 0 Å². The summed E-state index contributed by atoms with van der Waals surface area (Å²) in [6, 6.07) is 7.60. The third-order valence-corrected chi connectivity index (χ3v) is 8.14. The van der Waals surface area contributed by atoms with Crippen LogP contribution in [0, 0.1) is 0 Å². The van der Waals surface area contributed by atoms with Crippen LogP contribution >= 0.6 is 23.5 Å². The Morgan fingerprint density at radius 3 is 1.59 bits per heavy atom. The zero-order chi connectivity index (χ0) is 20.0. The zero-order valence-corrected chi connectivity index (χ0v) is 19.4. The Balaban J connectivity index is 2.00. The summed E-state index contributed by atoms with van der Waals surface area (Å²) in [5.74, 6) is 0. The monoisotopic (exact) mass is 460 g/mol. The van der Waals surface area contributed by atoms with Crippen LogP contribution in [-0.4, -0.2) is 9.79 Å². The normalized spacial score (nSPS) is 13.0. The van der Waals surface area contributed by atoms with Crippen LogP contribution < -0.4 is 0 Å². The molecule has 0 saturated carbocycles. The molecule has 1 atom stereocenters. The highest BCUT2D eigenvalue weighted by Gasteiger charge is 2.27. The minimum Gasteiger partial charge on any atom is -0.323 e. The fourth-order valence-corrected chi connectivity index (χ4v) is 4.25.